The van der Waals surface area contributed by atoms with Gasteiger partial charge in [-0.1, -0.05) is 12.1 Å². The summed E-state index contributed by atoms with van der Waals surface area (Å²) in [5.41, 5.74) is 7.45. The number of nitrogens with zero attached hydrogens (tertiary/aromatic N) is 8. The van der Waals surface area contributed by atoms with Gasteiger partial charge >= 0.3 is 0 Å². The van der Waals surface area contributed by atoms with Crippen LogP contribution in [0.2, 0.25) is 0 Å². The molecule has 0 aliphatic carbocycles. The average molecular weight is 711 g/mol. The highest BCUT2D eigenvalue weighted by molar-refractivity contribution is 5.56. The number of benzene rings is 1. The molecular formula is C44H70N8. The Balaban J connectivity index is 1.31. The molecule has 0 N–H and O–H groups in total. The maximum absolute atomic E-state index is 5.10. The molecule has 0 saturated carbocycles. The SMILES string of the molecule is CC(C)N1CCCN(c2ccc(N3CCCN(C(C)C)Cc4cccc(n4)CN(C(C)C)CCC3)cc2)CCCN(C(C)C)Cc2cccc(n2)C1. The monoisotopic (exact) mass is 711 g/mol. The van der Waals surface area contributed by atoms with E-state index in [1.54, 1.807) is 0 Å². The second-order valence-corrected chi connectivity index (χ2v) is 16.4. The first-order valence-electron chi connectivity index (χ1n) is 20.5. The van der Waals surface area contributed by atoms with Gasteiger partial charge in [-0.05, 0) is 130 Å². The van der Waals surface area contributed by atoms with Crippen LogP contribution in [0.25, 0.3) is 0 Å². The molecule has 4 heterocycles. The van der Waals surface area contributed by atoms with Gasteiger partial charge in [0.1, 0.15) is 0 Å². The van der Waals surface area contributed by atoms with Crippen molar-refractivity contribution < 1.29 is 0 Å². The number of anilines is 2. The minimum atomic E-state index is 0.481. The topological polar surface area (TPSA) is 45.2 Å². The maximum atomic E-state index is 5.10. The molecule has 0 fully saturated rings. The van der Waals surface area contributed by atoms with Crippen LogP contribution in [0.15, 0.2) is 60.7 Å². The molecular weight excluding hydrogens is 641 g/mol. The van der Waals surface area contributed by atoms with Crippen LogP contribution in [0.1, 0.15) is 104 Å². The van der Waals surface area contributed by atoms with E-state index in [-0.39, 0.29) is 0 Å². The zero-order valence-corrected chi connectivity index (χ0v) is 34.0. The lowest BCUT2D eigenvalue weighted by atomic mass is 10.1. The number of hydrogen-bond acceptors (Lipinski definition) is 8. The average Bonchev–Trinajstić information content (AvgIpc) is 3.11. The van der Waals surface area contributed by atoms with E-state index in [1.165, 1.54) is 34.2 Å². The highest BCUT2D eigenvalue weighted by atomic mass is 15.2. The summed E-state index contributed by atoms with van der Waals surface area (Å²) in [7, 11) is 0. The normalized spacial score (nSPS) is 19.4. The van der Waals surface area contributed by atoms with Gasteiger partial charge in [0.25, 0.3) is 0 Å². The van der Waals surface area contributed by atoms with E-state index < -0.39 is 0 Å². The van der Waals surface area contributed by atoms with Gasteiger partial charge in [-0.25, -0.2) is 0 Å². The van der Waals surface area contributed by atoms with Crippen molar-refractivity contribution in [3.8, 4) is 0 Å². The van der Waals surface area contributed by atoms with Crippen LogP contribution in [0.3, 0.4) is 0 Å². The van der Waals surface area contributed by atoms with Crippen molar-refractivity contribution in [3.63, 3.8) is 0 Å². The molecule has 5 rings (SSSR count). The van der Waals surface area contributed by atoms with Gasteiger partial charge in [0.05, 0.1) is 22.8 Å². The molecule has 0 radical (unpaired) electrons. The van der Waals surface area contributed by atoms with E-state index in [0.29, 0.717) is 24.2 Å². The van der Waals surface area contributed by atoms with E-state index in [4.69, 9.17) is 9.97 Å². The molecule has 52 heavy (non-hydrogen) atoms. The summed E-state index contributed by atoms with van der Waals surface area (Å²) >= 11 is 0. The van der Waals surface area contributed by atoms with Gasteiger partial charge in [0.2, 0.25) is 0 Å². The first-order chi connectivity index (χ1) is 25.0. The Morgan fingerprint density at radius 1 is 0.365 bits per heavy atom. The molecule has 4 bridgehead atoms. The highest BCUT2D eigenvalue weighted by Gasteiger charge is 2.19. The fraction of sp³-hybridized carbons (Fsp3) is 0.636. The molecule has 0 unspecified atom stereocenters. The third-order valence-corrected chi connectivity index (χ3v) is 11.2. The number of fused-ring (bicyclic) bond motifs is 4. The van der Waals surface area contributed by atoms with Crippen molar-refractivity contribution in [1.82, 2.24) is 29.6 Å². The van der Waals surface area contributed by atoms with E-state index in [1.807, 2.05) is 0 Å². The molecule has 2 aliphatic heterocycles. The number of rotatable bonds is 6. The van der Waals surface area contributed by atoms with Crippen molar-refractivity contribution in [3.05, 3.63) is 83.4 Å². The predicted octanol–water partition coefficient (Wildman–Crippen LogP) is 7.92. The first kappa shape index (κ1) is 40.2. The van der Waals surface area contributed by atoms with Crippen molar-refractivity contribution in [2.24, 2.45) is 0 Å². The van der Waals surface area contributed by atoms with E-state index >= 15 is 0 Å². The Hall–Kier alpha value is -3.04. The number of hydrogen-bond donors (Lipinski definition) is 0. The molecule has 1 aromatic carbocycles. The summed E-state index contributed by atoms with van der Waals surface area (Å²) in [6.07, 6.45) is 4.55. The molecule has 286 valence electrons. The lowest BCUT2D eigenvalue weighted by molar-refractivity contribution is 0.199. The molecule has 2 aliphatic rings. The van der Waals surface area contributed by atoms with Gasteiger partial charge in [0.15, 0.2) is 0 Å². The Labute approximate surface area is 317 Å². The number of pyridine rings is 2. The largest absolute Gasteiger partial charge is 0.371 e. The lowest BCUT2D eigenvalue weighted by Crippen LogP contribution is -2.37. The smallest absolute Gasteiger partial charge is 0.0547 e. The van der Waals surface area contributed by atoms with Crippen LogP contribution >= 0.6 is 0 Å². The van der Waals surface area contributed by atoms with E-state index in [2.05, 4.69) is 145 Å². The number of aromatic nitrogens is 2. The Kier molecular flexibility index (Phi) is 15.3. The molecule has 8 heteroatoms. The van der Waals surface area contributed by atoms with E-state index in [9.17, 15) is 0 Å². The summed E-state index contributed by atoms with van der Waals surface area (Å²) in [4.78, 5) is 25.9. The quantitative estimate of drug-likeness (QED) is 0.256. The van der Waals surface area contributed by atoms with Crippen molar-refractivity contribution in [2.75, 3.05) is 62.2 Å². The molecule has 8 nitrogen and oxygen atoms in total. The minimum Gasteiger partial charge on any atom is -0.371 e. The molecule has 2 aromatic heterocycles. The lowest BCUT2D eigenvalue weighted by Gasteiger charge is -2.33. The van der Waals surface area contributed by atoms with Crippen molar-refractivity contribution >= 4 is 11.4 Å². The Morgan fingerprint density at radius 3 is 0.846 bits per heavy atom. The summed E-state index contributed by atoms with van der Waals surface area (Å²) in [5, 5.41) is 0. The maximum Gasteiger partial charge on any atom is 0.0547 e. The fourth-order valence-electron chi connectivity index (χ4n) is 7.80. The van der Waals surface area contributed by atoms with Gasteiger partial charge < -0.3 is 9.80 Å². The summed E-state index contributed by atoms with van der Waals surface area (Å²) in [5.74, 6) is 0. The van der Waals surface area contributed by atoms with Gasteiger partial charge in [-0.2, -0.15) is 0 Å². The van der Waals surface area contributed by atoms with Gasteiger partial charge in [0, 0.05) is 114 Å². The zero-order chi connectivity index (χ0) is 37.0. The third-order valence-electron chi connectivity index (χ3n) is 11.2. The van der Waals surface area contributed by atoms with Crippen LogP contribution in [0.5, 0.6) is 0 Å². The molecule has 3 aromatic rings. The second kappa shape index (κ2) is 19.9. The standard InChI is InChI=1S/C44H70N8/c1-35(2)49-27-11-23-47(24-12-28-50(36(3)4)32-40-16-9-15-39(31-49)45-40)43-19-21-44(22-20-43)48-25-13-29-51(37(5)6)33-41-17-10-18-42(46-41)34-52(38(7)8)30-14-26-48/h9-10,15-22,35-38H,11-14,23-34H2,1-8H3. The van der Waals surface area contributed by atoms with E-state index in [0.717, 1.165) is 104 Å². The third kappa shape index (κ3) is 12.0. The molecule has 0 spiro atoms. The predicted molar refractivity (Wildman–Crippen MR) is 220 cm³/mol. The van der Waals surface area contributed by atoms with Crippen LogP contribution in [0.4, 0.5) is 11.4 Å². The molecule has 0 atom stereocenters. The van der Waals surface area contributed by atoms with Crippen molar-refractivity contribution in [1.29, 1.82) is 0 Å². The molecule has 0 amide bonds. The van der Waals surface area contributed by atoms with Crippen LogP contribution < -0.4 is 9.80 Å². The second-order valence-electron chi connectivity index (χ2n) is 16.4. The van der Waals surface area contributed by atoms with Crippen LogP contribution in [0, 0.1) is 0 Å². The van der Waals surface area contributed by atoms with Crippen LogP contribution in [-0.4, -0.2) is 106 Å². The fourth-order valence-corrected chi connectivity index (χ4v) is 7.80. The summed E-state index contributed by atoms with van der Waals surface area (Å²) < 4.78 is 0. The summed E-state index contributed by atoms with van der Waals surface area (Å²) in [6.45, 7) is 30.7. The van der Waals surface area contributed by atoms with Gasteiger partial charge in [-0.3, -0.25) is 29.6 Å². The summed E-state index contributed by atoms with van der Waals surface area (Å²) in [6, 6.07) is 24.7. The van der Waals surface area contributed by atoms with Crippen LogP contribution in [-0.2, 0) is 26.2 Å². The Morgan fingerprint density at radius 2 is 0.615 bits per heavy atom. The zero-order valence-electron chi connectivity index (χ0n) is 34.0. The van der Waals surface area contributed by atoms with Crippen molar-refractivity contribution in [2.45, 2.75) is 131 Å². The Bertz CT molecular complexity index is 1280. The highest BCUT2D eigenvalue weighted by Crippen LogP contribution is 2.24. The first-order valence-corrected chi connectivity index (χ1v) is 20.5. The minimum absolute atomic E-state index is 0.481. The van der Waals surface area contributed by atoms with Gasteiger partial charge in [-0.15, -0.1) is 0 Å². The molecule has 0 saturated heterocycles.